The second-order valence-corrected chi connectivity index (χ2v) is 5.37. The Morgan fingerprint density at radius 1 is 1.50 bits per heavy atom. The number of thioether (sulfide) groups is 1. The zero-order chi connectivity index (χ0) is 11.8. The molecule has 4 heteroatoms. The summed E-state index contributed by atoms with van der Waals surface area (Å²) in [7, 11) is 0. The monoisotopic (exact) mass is 256 g/mol. The Morgan fingerprint density at radius 2 is 2.19 bits per heavy atom. The normalized spacial score (nSPS) is 17.9. The third-order valence-electron chi connectivity index (χ3n) is 3.29. The van der Waals surface area contributed by atoms with Gasteiger partial charge in [0.2, 0.25) is 0 Å². The van der Waals surface area contributed by atoms with Crippen LogP contribution >= 0.6 is 23.4 Å². The van der Waals surface area contributed by atoms with Gasteiger partial charge in [-0.15, -0.1) is 11.8 Å². The average Bonchev–Trinajstić information content (AvgIpc) is 2.15. The third kappa shape index (κ3) is 1.72. The van der Waals surface area contributed by atoms with Crippen LogP contribution in [0.1, 0.15) is 24.8 Å². The van der Waals surface area contributed by atoms with Gasteiger partial charge in [0.05, 0.1) is 5.41 Å². The molecule has 0 spiro atoms. The first kappa shape index (κ1) is 11.8. The van der Waals surface area contributed by atoms with Crippen LogP contribution in [0.25, 0.3) is 0 Å². The number of carboxylic acids is 1. The molecule has 1 N–H and O–H groups in total. The Kier molecular flexibility index (Phi) is 3.17. The Hall–Kier alpha value is -0.670. The highest BCUT2D eigenvalue weighted by atomic mass is 35.5. The first-order chi connectivity index (χ1) is 7.60. The predicted octanol–water partition coefficient (Wildman–Crippen LogP) is 3.57. The summed E-state index contributed by atoms with van der Waals surface area (Å²) in [6.45, 7) is 0. The molecule has 2 nitrogen and oxygen atoms in total. The van der Waals surface area contributed by atoms with Crippen molar-refractivity contribution >= 4 is 29.3 Å². The van der Waals surface area contributed by atoms with E-state index in [1.807, 2.05) is 18.4 Å². The summed E-state index contributed by atoms with van der Waals surface area (Å²) in [5.74, 6) is -0.726. The fourth-order valence-corrected chi connectivity index (χ4v) is 3.03. The first-order valence-corrected chi connectivity index (χ1v) is 6.78. The topological polar surface area (TPSA) is 37.3 Å². The van der Waals surface area contributed by atoms with Crippen molar-refractivity contribution in [2.45, 2.75) is 29.6 Å². The molecule has 1 fully saturated rings. The summed E-state index contributed by atoms with van der Waals surface area (Å²) in [4.78, 5) is 12.5. The van der Waals surface area contributed by atoms with Crippen molar-refractivity contribution in [3.63, 3.8) is 0 Å². The quantitative estimate of drug-likeness (QED) is 0.840. The van der Waals surface area contributed by atoms with Crippen molar-refractivity contribution in [3.05, 3.63) is 28.8 Å². The van der Waals surface area contributed by atoms with E-state index in [4.69, 9.17) is 11.6 Å². The van der Waals surface area contributed by atoms with E-state index in [1.54, 1.807) is 17.8 Å². The second-order valence-electron chi connectivity index (χ2n) is 4.09. The lowest BCUT2D eigenvalue weighted by atomic mass is 9.64. The van der Waals surface area contributed by atoms with Crippen molar-refractivity contribution < 1.29 is 9.90 Å². The number of hydrogen-bond donors (Lipinski definition) is 1. The number of halogens is 1. The third-order valence-corrected chi connectivity index (χ3v) is 4.32. The van der Waals surface area contributed by atoms with Gasteiger partial charge in [-0.1, -0.05) is 18.0 Å². The molecule has 16 heavy (non-hydrogen) atoms. The van der Waals surface area contributed by atoms with Crippen LogP contribution in [-0.4, -0.2) is 17.3 Å². The van der Waals surface area contributed by atoms with E-state index >= 15 is 0 Å². The van der Waals surface area contributed by atoms with Crippen molar-refractivity contribution in [2.75, 3.05) is 6.26 Å². The van der Waals surface area contributed by atoms with Gasteiger partial charge < -0.3 is 5.11 Å². The average molecular weight is 257 g/mol. The van der Waals surface area contributed by atoms with Crippen LogP contribution in [0.3, 0.4) is 0 Å². The second kappa shape index (κ2) is 4.30. The molecule has 0 atom stereocenters. The zero-order valence-electron chi connectivity index (χ0n) is 9.00. The van der Waals surface area contributed by atoms with E-state index in [9.17, 15) is 9.90 Å². The number of hydrogen-bond acceptors (Lipinski definition) is 2. The van der Waals surface area contributed by atoms with Crippen molar-refractivity contribution in [1.82, 2.24) is 0 Å². The summed E-state index contributed by atoms with van der Waals surface area (Å²) in [5.41, 5.74) is 0.190. The minimum Gasteiger partial charge on any atom is -0.481 e. The number of carbonyl (C=O) groups is 1. The zero-order valence-corrected chi connectivity index (χ0v) is 10.6. The molecule has 0 bridgehead atoms. The highest BCUT2D eigenvalue weighted by Crippen LogP contribution is 2.47. The predicted molar refractivity (Wildman–Crippen MR) is 66.4 cm³/mol. The van der Waals surface area contributed by atoms with Crippen LogP contribution in [0.4, 0.5) is 0 Å². The van der Waals surface area contributed by atoms with E-state index in [1.165, 1.54) is 0 Å². The fourth-order valence-electron chi connectivity index (χ4n) is 2.18. The maximum absolute atomic E-state index is 11.4. The first-order valence-electron chi connectivity index (χ1n) is 5.17. The molecular weight excluding hydrogens is 244 g/mol. The Labute approximate surface area is 104 Å². The van der Waals surface area contributed by atoms with Crippen LogP contribution in [-0.2, 0) is 10.2 Å². The Bertz CT molecular complexity index is 427. The van der Waals surface area contributed by atoms with Gasteiger partial charge >= 0.3 is 5.97 Å². The number of rotatable bonds is 3. The van der Waals surface area contributed by atoms with Crippen molar-refractivity contribution in [3.8, 4) is 0 Å². The minimum atomic E-state index is -0.726. The largest absolute Gasteiger partial charge is 0.481 e. The van der Waals surface area contributed by atoms with Gasteiger partial charge in [-0.25, -0.2) is 0 Å². The van der Waals surface area contributed by atoms with Gasteiger partial charge in [0.15, 0.2) is 0 Å². The van der Waals surface area contributed by atoms with Gasteiger partial charge in [-0.3, -0.25) is 4.79 Å². The summed E-state index contributed by atoms with van der Waals surface area (Å²) < 4.78 is 0. The van der Waals surface area contributed by atoms with Crippen LogP contribution in [0.2, 0.25) is 5.02 Å². The maximum Gasteiger partial charge on any atom is 0.314 e. The molecule has 1 saturated carbocycles. The molecule has 0 heterocycles. The SMILES string of the molecule is CSc1ccc(Cl)cc1C1(C(=O)O)CCC1. The van der Waals surface area contributed by atoms with Crippen LogP contribution < -0.4 is 0 Å². The summed E-state index contributed by atoms with van der Waals surface area (Å²) in [6, 6.07) is 5.52. The molecule has 1 aliphatic carbocycles. The molecule has 86 valence electrons. The molecule has 0 radical (unpaired) electrons. The molecule has 0 aliphatic heterocycles. The summed E-state index contributed by atoms with van der Waals surface area (Å²) >= 11 is 7.54. The molecule has 0 amide bonds. The number of aliphatic carboxylic acids is 1. The summed E-state index contributed by atoms with van der Waals surface area (Å²) in [5, 5.41) is 10.0. The van der Waals surface area contributed by atoms with Gasteiger partial charge in [-0.05, 0) is 42.9 Å². The van der Waals surface area contributed by atoms with E-state index in [0.29, 0.717) is 5.02 Å². The van der Waals surface area contributed by atoms with Gasteiger partial charge in [0, 0.05) is 9.92 Å². The molecule has 1 aliphatic rings. The molecule has 0 aromatic heterocycles. The van der Waals surface area contributed by atoms with Crippen molar-refractivity contribution in [1.29, 1.82) is 0 Å². The van der Waals surface area contributed by atoms with Crippen LogP contribution in [0.15, 0.2) is 23.1 Å². The standard InChI is InChI=1S/C12H13ClO2S/c1-16-10-4-3-8(13)7-9(10)12(11(14)15)5-2-6-12/h3-4,7H,2,5-6H2,1H3,(H,14,15). The smallest absolute Gasteiger partial charge is 0.314 e. The molecule has 1 aromatic rings. The molecule has 0 saturated heterocycles. The van der Waals surface area contributed by atoms with Crippen LogP contribution in [0.5, 0.6) is 0 Å². The maximum atomic E-state index is 11.4. The lowest BCUT2D eigenvalue weighted by Crippen LogP contribution is -2.42. The van der Waals surface area contributed by atoms with Crippen LogP contribution in [0, 0.1) is 0 Å². The van der Waals surface area contributed by atoms with E-state index in [2.05, 4.69) is 0 Å². The lowest BCUT2D eigenvalue weighted by Gasteiger charge is -2.39. The lowest BCUT2D eigenvalue weighted by molar-refractivity contribution is -0.147. The van der Waals surface area contributed by atoms with Gasteiger partial charge in [0.25, 0.3) is 0 Å². The molecular formula is C12H13ClO2S. The molecule has 1 aromatic carbocycles. The number of carboxylic acid groups (broad SMARTS) is 1. The highest BCUT2D eigenvalue weighted by molar-refractivity contribution is 7.98. The van der Waals surface area contributed by atoms with E-state index in [0.717, 1.165) is 29.7 Å². The number of benzene rings is 1. The molecule has 2 rings (SSSR count). The summed E-state index contributed by atoms with van der Waals surface area (Å²) in [6.07, 6.45) is 4.38. The van der Waals surface area contributed by atoms with Gasteiger partial charge in [-0.2, -0.15) is 0 Å². The molecule has 0 unspecified atom stereocenters. The Balaban J connectivity index is 2.52. The fraction of sp³-hybridized carbons (Fsp3) is 0.417. The van der Waals surface area contributed by atoms with Crippen molar-refractivity contribution in [2.24, 2.45) is 0 Å². The van der Waals surface area contributed by atoms with E-state index in [-0.39, 0.29) is 0 Å². The Morgan fingerprint density at radius 3 is 2.62 bits per heavy atom. The minimum absolute atomic E-state index is 0.611. The van der Waals surface area contributed by atoms with Gasteiger partial charge in [0.1, 0.15) is 0 Å². The highest BCUT2D eigenvalue weighted by Gasteiger charge is 2.47. The van der Waals surface area contributed by atoms with E-state index < -0.39 is 11.4 Å².